The average molecular weight is 285 g/mol. The molecule has 1 fully saturated rings. The lowest BCUT2D eigenvalue weighted by molar-refractivity contribution is -0.123. The van der Waals surface area contributed by atoms with Crippen LogP contribution in [0.1, 0.15) is 38.3 Å². The van der Waals surface area contributed by atoms with Gasteiger partial charge < -0.3 is 5.32 Å². The van der Waals surface area contributed by atoms with Gasteiger partial charge in [0, 0.05) is 11.4 Å². The molecule has 4 heteroatoms. The van der Waals surface area contributed by atoms with Crippen LogP contribution in [0.25, 0.3) is 10.9 Å². The first-order valence-corrected chi connectivity index (χ1v) is 7.86. The summed E-state index contributed by atoms with van der Waals surface area (Å²) in [4.78, 5) is 12.3. The van der Waals surface area contributed by atoms with E-state index in [1.807, 2.05) is 29.8 Å². The zero-order valence-corrected chi connectivity index (χ0v) is 12.8. The van der Waals surface area contributed by atoms with Crippen molar-refractivity contribution in [2.24, 2.45) is 5.92 Å². The van der Waals surface area contributed by atoms with Crippen LogP contribution in [0.15, 0.2) is 24.3 Å². The molecule has 21 heavy (non-hydrogen) atoms. The van der Waals surface area contributed by atoms with E-state index in [2.05, 4.69) is 23.4 Å². The first kappa shape index (κ1) is 14.1. The number of benzene rings is 1. The molecule has 1 saturated carbocycles. The maximum atomic E-state index is 12.3. The highest BCUT2D eigenvalue weighted by molar-refractivity contribution is 5.84. The first-order chi connectivity index (χ1) is 10.1. The summed E-state index contributed by atoms with van der Waals surface area (Å²) in [6.45, 7) is 4.52. The molecule has 1 aromatic heterocycles. The molecule has 4 nitrogen and oxygen atoms in total. The topological polar surface area (TPSA) is 46.9 Å². The summed E-state index contributed by atoms with van der Waals surface area (Å²) in [6.07, 6.45) is 4.83. The third kappa shape index (κ3) is 2.94. The van der Waals surface area contributed by atoms with Crippen LogP contribution in [0.2, 0.25) is 0 Å². The van der Waals surface area contributed by atoms with Gasteiger partial charge in [-0.05, 0) is 31.7 Å². The van der Waals surface area contributed by atoms with Gasteiger partial charge in [0.05, 0.1) is 11.2 Å². The average Bonchev–Trinajstić information content (AvgIpc) is 2.79. The highest BCUT2D eigenvalue weighted by Crippen LogP contribution is 2.24. The Morgan fingerprint density at radius 3 is 2.90 bits per heavy atom. The zero-order chi connectivity index (χ0) is 14.8. The first-order valence-electron chi connectivity index (χ1n) is 7.86. The maximum absolute atomic E-state index is 12.3. The Balaban J connectivity index is 1.71. The SMILES string of the molecule is Cc1nn(CC(=O)N[C@@H]2CCCC[C@H]2C)c2ccccc12. The molecule has 0 saturated heterocycles. The molecule has 2 aromatic rings. The number of aryl methyl sites for hydroxylation is 1. The second kappa shape index (κ2) is 5.88. The van der Waals surface area contributed by atoms with Crippen LogP contribution in [-0.4, -0.2) is 21.7 Å². The molecule has 1 amide bonds. The molecule has 1 heterocycles. The van der Waals surface area contributed by atoms with Crippen LogP contribution < -0.4 is 5.32 Å². The Morgan fingerprint density at radius 1 is 1.33 bits per heavy atom. The third-order valence-corrected chi connectivity index (χ3v) is 4.59. The number of nitrogens with zero attached hydrogens (tertiary/aromatic N) is 2. The number of nitrogens with one attached hydrogen (secondary N) is 1. The van der Waals surface area contributed by atoms with E-state index < -0.39 is 0 Å². The number of amides is 1. The fourth-order valence-electron chi connectivity index (χ4n) is 3.33. The number of para-hydroxylation sites is 1. The minimum atomic E-state index is 0.0713. The fourth-order valence-corrected chi connectivity index (χ4v) is 3.33. The number of fused-ring (bicyclic) bond motifs is 1. The largest absolute Gasteiger partial charge is 0.351 e. The summed E-state index contributed by atoms with van der Waals surface area (Å²) in [5.41, 5.74) is 2.01. The van der Waals surface area contributed by atoms with Crippen LogP contribution in [0.5, 0.6) is 0 Å². The van der Waals surface area contributed by atoms with Crippen molar-refractivity contribution in [3.05, 3.63) is 30.0 Å². The summed E-state index contributed by atoms with van der Waals surface area (Å²) in [5.74, 6) is 0.654. The molecule has 1 aliphatic carbocycles. The molecule has 0 aliphatic heterocycles. The van der Waals surface area contributed by atoms with E-state index in [4.69, 9.17) is 0 Å². The van der Waals surface area contributed by atoms with Crippen molar-refractivity contribution in [3.8, 4) is 0 Å². The highest BCUT2D eigenvalue weighted by atomic mass is 16.2. The van der Waals surface area contributed by atoms with Crippen molar-refractivity contribution >= 4 is 16.8 Å². The van der Waals surface area contributed by atoms with Gasteiger partial charge in [0.25, 0.3) is 0 Å². The summed E-state index contributed by atoms with van der Waals surface area (Å²) >= 11 is 0. The molecule has 2 atom stereocenters. The smallest absolute Gasteiger partial charge is 0.241 e. The molecule has 0 radical (unpaired) electrons. The van der Waals surface area contributed by atoms with Crippen molar-refractivity contribution in [2.45, 2.75) is 52.1 Å². The van der Waals surface area contributed by atoms with Gasteiger partial charge in [-0.1, -0.05) is 38.0 Å². The number of carbonyl (C=O) groups is 1. The van der Waals surface area contributed by atoms with E-state index >= 15 is 0 Å². The molecule has 1 N–H and O–H groups in total. The van der Waals surface area contributed by atoms with Crippen LogP contribution in [0.4, 0.5) is 0 Å². The Labute approximate surface area is 125 Å². The minimum absolute atomic E-state index is 0.0713. The van der Waals surface area contributed by atoms with Gasteiger partial charge in [-0.3, -0.25) is 9.48 Å². The zero-order valence-electron chi connectivity index (χ0n) is 12.8. The van der Waals surface area contributed by atoms with E-state index in [9.17, 15) is 4.79 Å². The van der Waals surface area contributed by atoms with Gasteiger partial charge in [-0.2, -0.15) is 5.10 Å². The summed E-state index contributed by atoms with van der Waals surface area (Å²) in [7, 11) is 0. The van der Waals surface area contributed by atoms with Crippen LogP contribution in [-0.2, 0) is 11.3 Å². The van der Waals surface area contributed by atoms with Gasteiger partial charge in [-0.15, -0.1) is 0 Å². The van der Waals surface area contributed by atoms with Crippen LogP contribution in [0.3, 0.4) is 0 Å². The second-order valence-corrected chi connectivity index (χ2v) is 6.20. The molecule has 1 aliphatic rings. The Morgan fingerprint density at radius 2 is 2.10 bits per heavy atom. The molecular weight excluding hydrogens is 262 g/mol. The van der Waals surface area contributed by atoms with Crippen molar-refractivity contribution in [1.82, 2.24) is 15.1 Å². The predicted octanol–water partition coefficient (Wildman–Crippen LogP) is 3.04. The molecule has 0 spiro atoms. The summed E-state index contributed by atoms with van der Waals surface area (Å²) in [6, 6.07) is 8.39. The van der Waals surface area contributed by atoms with Gasteiger partial charge in [0.15, 0.2) is 0 Å². The lowest BCUT2D eigenvalue weighted by Crippen LogP contribution is -2.42. The predicted molar refractivity (Wildman–Crippen MR) is 84.0 cm³/mol. The Bertz CT molecular complexity index is 647. The van der Waals surface area contributed by atoms with Crippen molar-refractivity contribution < 1.29 is 4.79 Å². The Hall–Kier alpha value is -1.84. The molecule has 0 unspecified atom stereocenters. The Kier molecular flexibility index (Phi) is 3.95. The van der Waals surface area contributed by atoms with Gasteiger partial charge in [0.1, 0.15) is 6.54 Å². The van der Waals surface area contributed by atoms with Gasteiger partial charge >= 0.3 is 0 Å². The monoisotopic (exact) mass is 285 g/mol. The van der Waals surface area contributed by atoms with E-state index in [-0.39, 0.29) is 5.91 Å². The lowest BCUT2D eigenvalue weighted by atomic mass is 9.86. The van der Waals surface area contributed by atoms with Crippen molar-refractivity contribution in [2.75, 3.05) is 0 Å². The van der Waals surface area contributed by atoms with Crippen LogP contribution >= 0.6 is 0 Å². The van der Waals surface area contributed by atoms with Gasteiger partial charge in [-0.25, -0.2) is 0 Å². The van der Waals surface area contributed by atoms with E-state index in [1.54, 1.807) is 0 Å². The quantitative estimate of drug-likeness (QED) is 0.942. The molecule has 3 rings (SSSR count). The minimum Gasteiger partial charge on any atom is -0.351 e. The number of rotatable bonds is 3. The number of hydrogen-bond donors (Lipinski definition) is 1. The molecule has 0 bridgehead atoms. The van der Waals surface area contributed by atoms with E-state index in [0.29, 0.717) is 18.5 Å². The second-order valence-electron chi connectivity index (χ2n) is 6.20. The number of aromatic nitrogens is 2. The molecular formula is C17H23N3O. The highest BCUT2D eigenvalue weighted by Gasteiger charge is 2.23. The molecule has 112 valence electrons. The maximum Gasteiger partial charge on any atom is 0.241 e. The standard InChI is InChI=1S/C17H23N3O/c1-12-7-3-5-9-15(12)18-17(21)11-20-16-10-6-4-8-14(16)13(2)19-20/h4,6,8,10,12,15H,3,5,7,9,11H2,1-2H3,(H,18,21)/t12-,15-/m1/s1. The van der Waals surface area contributed by atoms with Gasteiger partial charge in [0.2, 0.25) is 5.91 Å². The van der Waals surface area contributed by atoms with Crippen molar-refractivity contribution in [3.63, 3.8) is 0 Å². The molecule has 1 aromatic carbocycles. The summed E-state index contributed by atoms with van der Waals surface area (Å²) in [5, 5.41) is 8.81. The number of hydrogen-bond acceptors (Lipinski definition) is 2. The van der Waals surface area contributed by atoms with E-state index in [0.717, 1.165) is 23.0 Å². The number of carbonyl (C=O) groups excluding carboxylic acids is 1. The fraction of sp³-hybridized carbons (Fsp3) is 0.529. The van der Waals surface area contributed by atoms with Crippen LogP contribution in [0, 0.1) is 12.8 Å². The van der Waals surface area contributed by atoms with E-state index in [1.165, 1.54) is 19.3 Å². The summed E-state index contributed by atoms with van der Waals surface area (Å²) < 4.78 is 1.81. The third-order valence-electron chi connectivity index (χ3n) is 4.59. The van der Waals surface area contributed by atoms with Crippen molar-refractivity contribution in [1.29, 1.82) is 0 Å². The normalized spacial score (nSPS) is 22.4. The lowest BCUT2D eigenvalue weighted by Gasteiger charge is -2.29.